The molecule has 6 atom stereocenters. The molecule has 1 aliphatic heterocycles. The normalized spacial score (nSPS) is 25.3. The number of hydrogen-bond donors (Lipinski definition) is 3. The number of benzene rings is 2. The number of aliphatic hydroxyl groups is 2. The molecule has 0 unspecified atom stereocenters. The molecule has 2 aromatic rings. The number of rotatable bonds is 19. The molecule has 12 nitrogen and oxygen atoms in total. The van der Waals surface area contributed by atoms with Gasteiger partial charge in [-0.25, -0.2) is 4.79 Å². The molecule has 0 spiro atoms. The van der Waals surface area contributed by atoms with E-state index in [1.807, 2.05) is 19.1 Å². The predicted molar refractivity (Wildman–Crippen MR) is 201 cm³/mol. The summed E-state index contributed by atoms with van der Waals surface area (Å²) in [6.45, 7) is 8.94. The van der Waals surface area contributed by atoms with E-state index >= 15 is 0 Å². The van der Waals surface area contributed by atoms with E-state index < -0.39 is 16.8 Å². The van der Waals surface area contributed by atoms with E-state index in [1.54, 1.807) is 36.0 Å². The van der Waals surface area contributed by atoms with Crippen LogP contribution in [0.2, 0.25) is 0 Å². The molecule has 0 bridgehead atoms. The summed E-state index contributed by atoms with van der Waals surface area (Å²) in [6.07, 6.45) is 8.71. The molecular formula is C39H51N3O9S. The van der Waals surface area contributed by atoms with Crippen molar-refractivity contribution in [2.75, 3.05) is 32.1 Å². The molecular weight excluding hydrogens is 687 g/mol. The molecule has 2 aromatic carbocycles. The Labute approximate surface area is 309 Å². The monoisotopic (exact) mass is 737 g/mol. The van der Waals surface area contributed by atoms with Gasteiger partial charge in [0, 0.05) is 49.8 Å². The SMILES string of the molecule is C=CCO[C@@]12Oc3ccc(OC(=O)NCC)cc3[C@H]3[C@H](CCCCO)[C@@H](CCCCO)C=C(C(=NOCc4ccc([N+](=O)[O-])cc4)C[C@@H]1SCC)[C@H]32. The highest BCUT2D eigenvalue weighted by Gasteiger charge is 2.63. The Kier molecular flexibility index (Phi) is 14.2. The van der Waals surface area contributed by atoms with Crippen molar-refractivity contribution in [1.82, 2.24) is 5.32 Å². The Balaban J connectivity index is 1.65. The number of aliphatic hydroxyl groups excluding tert-OH is 2. The molecule has 1 amide bonds. The van der Waals surface area contributed by atoms with E-state index in [0.29, 0.717) is 37.3 Å². The number of thioether (sulfide) groups is 1. The number of nitrogens with one attached hydrogen (secondary N) is 1. The second kappa shape index (κ2) is 18.7. The smallest absolute Gasteiger partial charge is 0.412 e. The summed E-state index contributed by atoms with van der Waals surface area (Å²) < 4.78 is 19.6. The third-order valence-electron chi connectivity index (χ3n) is 10.1. The number of hydrogen-bond acceptors (Lipinski definition) is 11. The largest absolute Gasteiger partial charge is 0.460 e. The van der Waals surface area contributed by atoms with Crippen LogP contribution in [0.3, 0.4) is 0 Å². The number of allylic oxidation sites excluding steroid dienone is 1. The van der Waals surface area contributed by atoms with Crippen LogP contribution in [0.1, 0.15) is 75.8 Å². The summed E-state index contributed by atoms with van der Waals surface area (Å²) in [7, 11) is 0. The van der Waals surface area contributed by atoms with E-state index in [1.165, 1.54) is 12.1 Å². The lowest BCUT2D eigenvalue weighted by atomic mass is 9.56. The molecule has 0 radical (unpaired) electrons. The van der Waals surface area contributed by atoms with Crippen molar-refractivity contribution in [2.45, 2.75) is 82.4 Å². The Morgan fingerprint density at radius 3 is 2.56 bits per heavy atom. The van der Waals surface area contributed by atoms with Crippen molar-refractivity contribution in [1.29, 1.82) is 0 Å². The molecule has 1 saturated carbocycles. The fraction of sp³-hybridized carbons (Fsp3) is 0.538. The number of amides is 1. The maximum absolute atomic E-state index is 12.5. The number of nitrogens with zero attached hydrogens (tertiary/aromatic N) is 2. The molecule has 1 fully saturated rings. The van der Waals surface area contributed by atoms with Crippen molar-refractivity contribution >= 4 is 29.3 Å². The molecule has 2 aliphatic carbocycles. The molecule has 0 saturated heterocycles. The minimum Gasteiger partial charge on any atom is -0.460 e. The molecule has 1 heterocycles. The molecule has 3 N–H and O–H groups in total. The third-order valence-corrected chi connectivity index (χ3v) is 11.3. The number of fused-ring (bicyclic) bond motifs is 2. The highest BCUT2D eigenvalue weighted by Crippen LogP contribution is 2.62. The zero-order chi connectivity index (χ0) is 37.1. The van der Waals surface area contributed by atoms with Gasteiger partial charge in [-0.3, -0.25) is 10.1 Å². The average molecular weight is 738 g/mol. The Morgan fingerprint density at radius 2 is 1.88 bits per heavy atom. The predicted octanol–water partition coefficient (Wildman–Crippen LogP) is 7.29. The summed E-state index contributed by atoms with van der Waals surface area (Å²) >= 11 is 1.75. The maximum Gasteiger partial charge on any atom is 0.412 e. The maximum atomic E-state index is 12.5. The van der Waals surface area contributed by atoms with Crippen LogP contribution in [0.15, 0.2) is 71.9 Å². The van der Waals surface area contributed by atoms with E-state index in [4.69, 9.17) is 24.2 Å². The van der Waals surface area contributed by atoms with Crippen LogP contribution in [-0.2, 0) is 16.2 Å². The number of carbonyl (C=O) groups excluding carboxylic acids is 1. The van der Waals surface area contributed by atoms with Gasteiger partial charge >= 0.3 is 6.09 Å². The Morgan fingerprint density at radius 1 is 1.13 bits per heavy atom. The summed E-state index contributed by atoms with van der Waals surface area (Å²) in [5, 5.41) is 38.0. The summed E-state index contributed by atoms with van der Waals surface area (Å²) in [5.74, 6) is 0.572. The van der Waals surface area contributed by atoms with Crippen molar-refractivity contribution in [3.05, 3.63) is 88.0 Å². The lowest BCUT2D eigenvalue weighted by molar-refractivity contribution is -0.384. The van der Waals surface area contributed by atoms with Gasteiger partial charge < -0.3 is 34.6 Å². The second-order valence-corrected chi connectivity index (χ2v) is 14.8. The lowest BCUT2D eigenvalue weighted by Crippen LogP contribution is -2.64. The van der Waals surface area contributed by atoms with Crippen molar-refractivity contribution in [3.8, 4) is 11.5 Å². The Bertz CT molecular complexity index is 1600. The summed E-state index contributed by atoms with van der Waals surface area (Å²) in [6, 6.07) is 11.8. The molecule has 52 heavy (non-hydrogen) atoms. The van der Waals surface area contributed by atoms with E-state index in [-0.39, 0.29) is 61.0 Å². The van der Waals surface area contributed by atoms with Gasteiger partial charge in [0.25, 0.3) is 5.69 Å². The number of carbonyl (C=O) groups is 1. The number of unbranched alkanes of at least 4 members (excludes halogenated alkanes) is 2. The zero-order valence-electron chi connectivity index (χ0n) is 30.0. The molecule has 5 rings (SSSR count). The van der Waals surface area contributed by atoms with Crippen LogP contribution >= 0.6 is 11.8 Å². The number of nitro benzene ring substituents is 1. The summed E-state index contributed by atoms with van der Waals surface area (Å²) in [4.78, 5) is 29.3. The average Bonchev–Trinajstić information content (AvgIpc) is 3.13. The van der Waals surface area contributed by atoms with Crippen molar-refractivity contribution < 1.29 is 39.0 Å². The fourth-order valence-electron chi connectivity index (χ4n) is 7.93. The number of oxime groups is 1. The molecule has 3 aliphatic rings. The van der Waals surface area contributed by atoms with Gasteiger partial charge in [-0.1, -0.05) is 37.1 Å². The van der Waals surface area contributed by atoms with Gasteiger partial charge in [-0.05, 0) is 91.7 Å². The highest BCUT2D eigenvalue weighted by molar-refractivity contribution is 8.00. The number of ether oxygens (including phenoxy) is 3. The van der Waals surface area contributed by atoms with Crippen molar-refractivity contribution in [3.63, 3.8) is 0 Å². The van der Waals surface area contributed by atoms with Gasteiger partial charge in [0.15, 0.2) is 0 Å². The zero-order valence-corrected chi connectivity index (χ0v) is 30.9. The lowest BCUT2D eigenvalue weighted by Gasteiger charge is -2.58. The first-order valence-corrected chi connectivity index (χ1v) is 19.4. The van der Waals surface area contributed by atoms with E-state index in [9.17, 15) is 25.1 Å². The number of nitro groups is 1. The van der Waals surface area contributed by atoms with Gasteiger partial charge in [-0.2, -0.15) is 11.8 Å². The minimum atomic E-state index is -1.08. The molecule has 13 heteroatoms. The first kappa shape index (κ1) is 39.3. The van der Waals surface area contributed by atoms with Crippen LogP contribution in [0.25, 0.3) is 0 Å². The van der Waals surface area contributed by atoms with Crippen LogP contribution < -0.4 is 14.8 Å². The van der Waals surface area contributed by atoms with Crippen LogP contribution in [0, 0.1) is 27.9 Å². The van der Waals surface area contributed by atoms with Crippen LogP contribution in [-0.4, -0.2) is 70.1 Å². The van der Waals surface area contributed by atoms with Gasteiger partial charge in [0.2, 0.25) is 5.79 Å². The molecule has 0 aromatic heterocycles. The summed E-state index contributed by atoms with van der Waals surface area (Å²) in [5.41, 5.74) is 3.46. The minimum absolute atomic E-state index is 0.00829. The standard InChI is InChI=1S/C39H51N3O9S/c1-4-21-48-39-35(52-6-3)24-33(41-49-25-26-13-15-28(16-14-26)42(46)47)31-22-27(11-7-9-19-43)30(12-8-10-20-44)36(37(31)39)32-23-29(17-18-34(32)51-39)50-38(45)40-5-2/h4,13-18,22-23,27,30,35-37,43-44H,1,5-12,19-21,24-25H2,2-3H3,(H,40,45)/t27-,30+,35-,36+,37+,39+/m0/s1. The van der Waals surface area contributed by atoms with Crippen LogP contribution in [0.5, 0.6) is 11.5 Å². The quantitative estimate of drug-likeness (QED) is 0.0578. The fourth-order valence-corrected chi connectivity index (χ4v) is 9.10. The van der Waals surface area contributed by atoms with Gasteiger partial charge in [0.05, 0.1) is 28.4 Å². The topological polar surface area (TPSA) is 162 Å². The van der Waals surface area contributed by atoms with Crippen LogP contribution in [0.4, 0.5) is 10.5 Å². The van der Waals surface area contributed by atoms with E-state index in [2.05, 4.69) is 24.9 Å². The van der Waals surface area contributed by atoms with Crippen molar-refractivity contribution in [2.24, 2.45) is 22.9 Å². The number of non-ortho nitro benzene ring substituents is 1. The first-order chi connectivity index (χ1) is 25.3. The highest BCUT2D eigenvalue weighted by atomic mass is 32.2. The molecule has 282 valence electrons. The third kappa shape index (κ3) is 8.82. The van der Waals surface area contributed by atoms with Gasteiger partial charge in [-0.15, -0.1) is 6.58 Å². The van der Waals surface area contributed by atoms with E-state index in [0.717, 1.165) is 53.8 Å². The second-order valence-electron chi connectivity index (χ2n) is 13.3. The Hall–Kier alpha value is -3.91. The van der Waals surface area contributed by atoms with Gasteiger partial charge in [0.1, 0.15) is 18.1 Å². The first-order valence-electron chi connectivity index (χ1n) is 18.3.